The molecule has 0 unspecified atom stereocenters. The third-order valence-electron chi connectivity index (χ3n) is 2.73. The van der Waals surface area contributed by atoms with E-state index in [-0.39, 0.29) is 5.91 Å². The van der Waals surface area contributed by atoms with Crippen molar-refractivity contribution in [3.63, 3.8) is 0 Å². The number of hydrogen-bond donors (Lipinski definition) is 1. The molecule has 0 saturated carbocycles. The summed E-state index contributed by atoms with van der Waals surface area (Å²) in [6.07, 6.45) is 7.52. The first-order chi connectivity index (χ1) is 9.20. The third kappa shape index (κ3) is 3.60. The van der Waals surface area contributed by atoms with Gasteiger partial charge in [-0.05, 0) is 6.42 Å². The van der Waals surface area contributed by atoms with Crippen LogP contribution < -0.4 is 5.32 Å². The molecule has 2 aromatic rings. The molecule has 19 heavy (non-hydrogen) atoms. The van der Waals surface area contributed by atoms with Crippen molar-refractivity contribution in [2.45, 2.75) is 32.6 Å². The molecule has 0 aliphatic rings. The Hall–Kier alpha value is -1.76. The number of hydrogen-bond acceptors (Lipinski definition) is 5. The molecule has 6 nitrogen and oxygen atoms in total. The minimum Gasteiger partial charge on any atom is -0.330 e. The Kier molecular flexibility index (Phi) is 4.62. The Morgan fingerprint density at radius 3 is 2.95 bits per heavy atom. The van der Waals surface area contributed by atoms with Crippen LogP contribution in [-0.2, 0) is 13.5 Å². The first kappa shape index (κ1) is 13.7. The van der Waals surface area contributed by atoms with Crippen LogP contribution in [0.4, 0.5) is 5.13 Å². The van der Waals surface area contributed by atoms with Crippen LogP contribution in [0.5, 0.6) is 0 Å². The average molecular weight is 279 g/mol. The zero-order valence-corrected chi connectivity index (χ0v) is 11.9. The van der Waals surface area contributed by atoms with Gasteiger partial charge < -0.3 is 4.57 Å². The van der Waals surface area contributed by atoms with E-state index < -0.39 is 0 Å². The zero-order valence-electron chi connectivity index (χ0n) is 11.1. The van der Waals surface area contributed by atoms with Crippen molar-refractivity contribution >= 4 is 22.4 Å². The smallest absolute Gasteiger partial charge is 0.275 e. The summed E-state index contributed by atoms with van der Waals surface area (Å²) in [5.41, 5.74) is 0.503. The van der Waals surface area contributed by atoms with E-state index >= 15 is 0 Å². The van der Waals surface area contributed by atoms with Crippen LogP contribution in [0.3, 0.4) is 0 Å². The van der Waals surface area contributed by atoms with E-state index in [1.165, 1.54) is 30.4 Å². The Bertz CT molecular complexity index is 548. The molecule has 1 N–H and O–H groups in total. The SMILES string of the molecule is CCCCCc1nnc(NC(=O)c2cncn2C)s1. The van der Waals surface area contributed by atoms with Gasteiger partial charge in [0.2, 0.25) is 5.13 Å². The average Bonchev–Trinajstić information content (AvgIpc) is 2.99. The molecule has 7 heteroatoms. The summed E-state index contributed by atoms with van der Waals surface area (Å²) in [6.45, 7) is 2.17. The van der Waals surface area contributed by atoms with E-state index in [1.54, 1.807) is 17.9 Å². The maximum Gasteiger partial charge on any atom is 0.275 e. The summed E-state index contributed by atoms with van der Waals surface area (Å²) in [5.74, 6) is -0.212. The predicted molar refractivity (Wildman–Crippen MR) is 74.3 cm³/mol. The van der Waals surface area contributed by atoms with E-state index in [1.807, 2.05) is 0 Å². The maximum atomic E-state index is 11.9. The van der Waals surface area contributed by atoms with Crippen LogP contribution in [-0.4, -0.2) is 25.7 Å². The van der Waals surface area contributed by atoms with Crippen LogP contribution >= 0.6 is 11.3 Å². The summed E-state index contributed by atoms with van der Waals surface area (Å²) in [4.78, 5) is 15.8. The molecule has 0 aromatic carbocycles. The number of nitrogens with one attached hydrogen (secondary N) is 1. The molecule has 2 aromatic heterocycles. The largest absolute Gasteiger partial charge is 0.330 e. The standard InChI is InChI=1S/C12H17N5OS/c1-3-4-5-6-10-15-16-12(19-10)14-11(18)9-7-13-8-17(9)2/h7-8H,3-6H2,1-2H3,(H,14,16,18). The lowest BCUT2D eigenvalue weighted by Crippen LogP contribution is -2.15. The van der Waals surface area contributed by atoms with E-state index in [9.17, 15) is 4.79 Å². The lowest BCUT2D eigenvalue weighted by atomic mass is 10.2. The number of rotatable bonds is 6. The second-order valence-electron chi connectivity index (χ2n) is 4.30. The molecule has 0 saturated heterocycles. The number of nitrogens with zero attached hydrogens (tertiary/aromatic N) is 4. The lowest BCUT2D eigenvalue weighted by Gasteiger charge is -2.00. The molecule has 2 rings (SSSR count). The molecular formula is C12H17N5OS. The molecule has 1 amide bonds. The summed E-state index contributed by atoms with van der Waals surface area (Å²) in [6, 6.07) is 0. The van der Waals surface area contributed by atoms with Gasteiger partial charge in [-0.3, -0.25) is 10.1 Å². The highest BCUT2D eigenvalue weighted by Crippen LogP contribution is 2.18. The molecule has 2 heterocycles. The summed E-state index contributed by atoms with van der Waals surface area (Å²) >= 11 is 1.43. The molecule has 102 valence electrons. The van der Waals surface area contributed by atoms with Crippen LogP contribution in [0.15, 0.2) is 12.5 Å². The first-order valence-electron chi connectivity index (χ1n) is 6.30. The summed E-state index contributed by atoms with van der Waals surface area (Å²) < 4.78 is 1.67. The third-order valence-corrected chi connectivity index (χ3v) is 3.63. The van der Waals surface area contributed by atoms with Crippen LogP contribution in [0.25, 0.3) is 0 Å². The molecule has 0 atom stereocenters. The van der Waals surface area contributed by atoms with Gasteiger partial charge in [0.05, 0.1) is 12.5 Å². The number of aromatic nitrogens is 4. The molecule has 0 aliphatic heterocycles. The number of carbonyl (C=O) groups excluding carboxylic acids is 1. The van der Waals surface area contributed by atoms with Crippen LogP contribution in [0.1, 0.15) is 41.7 Å². The number of unbranched alkanes of at least 4 members (excludes halogenated alkanes) is 2. The highest BCUT2D eigenvalue weighted by Gasteiger charge is 2.12. The van der Waals surface area contributed by atoms with Gasteiger partial charge >= 0.3 is 0 Å². The van der Waals surface area contributed by atoms with E-state index in [0.29, 0.717) is 10.8 Å². The van der Waals surface area contributed by atoms with Crippen molar-refractivity contribution < 1.29 is 4.79 Å². The Morgan fingerprint density at radius 1 is 1.42 bits per heavy atom. The van der Waals surface area contributed by atoms with Crippen molar-refractivity contribution in [1.29, 1.82) is 0 Å². The highest BCUT2D eigenvalue weighted by molar-refractivity contribution is 7.15. The second kappa shape index (κ2) is 6.42. The zero-order chi connectivity index (χ0) is 13.7. The number of carbonyl (C=O) groups is 1. The fourth-order valence-electron chi connectivity index (χ4n) is 1.67. The normalized spacial score (nSPS) is 10.6. The van der Waals surface area contributed by atoms with Crippen molar-refractivity contribution in [1.82, 2.24) is 19.7 Å². The summed E-state index contributed by atoms with van der Waals surface area (Å²) in [5, 5.41) is 12.3. The molecule has 0 fully saturated rings. The molecule has 0 radical (unpaired) electrons. The van der Waals surface area contributed by atoms with Gasteiger partial charge in [0.25, 0.3) is 5.91 Å². The van der Waals surface area contributed by atoms with Gasteiger partial charge in [-0.25, -0.2) is 4.98 Å². The summed E-state index contributed by atoms with van der Waals surface area (Å²) in [7, 11) is 1.78. The number of aryl methyl sites for hydroxylation is 2. The Morgan fingerprint density at radius 2 is 2.26 bits per heavy atom. The van der Waals surface area contributed by atoms with Crippen molar-refractivity contribution in [3.8, 4) is 0 Å². The predicted octanol–water partition coefficient (Wildman–Crippen LogP) is 2.26. The Balaban J connectivity index is 1.93. The van der Waals surface area contributed by atoms with Crippen molar-refractivity contribution in [2.75, 3.05) is 5.32 Å². The lowest BCUT2D eigenvalue weighted by molar-refractivity contribution is 0.101. The topological polar surface area (TPSA) is 72.7 Å². The number of anilines is 1. The van der Waals surface area contributed by atoms with Gasteiger partial charge in [-0.2, -0.15) is 0 Å². The second-order valence-corrected chi connectivity index (χ2v) is 5.36. The van der Waals surface area contributed by atoms with Gasteiger partial charge in [0.1, 0.15) is 10.7 Å². The van der Waals surface area contributed by atoms with Crippen molar-refractivity contribution in [2.24, 2.45) is 7.05 Å². The quantitative estimate of drug-likeness (QED) is 0.823. The fraction of sp³-hybridized carbons (Fsp3) is 0.500. The van der Waals surface area contributed by atoms with Crippen LogP contribution in [0.2, 0.25) is 0 Å². The minimum atomic E-state index is -0.212. The van der Waals surface area contributed by atoms with Crippen molar-refractivity contribution in [3.05, 3.63) is 23.2 Å². The highest BCUT2D eigenvalue weighted by atomic mass is 32.1. The van der Waals surface area contributed by atoms with Gasteiger partial charge in [0, 0.05) is 13.5 Å². The monoisotopic (exact) mass is 279 g/mol. The maximum absolute atomic E-state index is 11.9. The van der Waals surface area contributed by atoms with Gasteiger partial charge in [-0.1, -0.05) is 31.1 Å². The minimum absolute atomic E-state index is 0.212. The molecule has 0 aliphatic carbocycles. The van der Waals surface area contributed by atoms with E-state index in [2.05, 4.69) is 27.4 Å². The fourth-order valence-corrected chi connectivity index (χ4v) is 2.45. The van der Waals surface area contributed by atoms with Crippen LogP contribution in [0, 0.1) is 0 Å². The van der Waals surface area contributed by atoms with Gasteiger partial charge in [-0.15, -0.1) is 10.2 Å². The Labute approximate surface area is 115 Å². The number of amides is 1. The van der Waals surface area contributed by atoms with E-state index in [4.69, 9.17) is 0 Å². The van der Waals surface area contributed by atoms with E-state index in [0.717, 1.165) is 17.8 Å². The first-order valence-corrected chi connectivity index (χ1v) is 7.12. The number of imidazole rings is 1. The molecular weight excluding hydrogens is 262 g/mol. The molecule has 0 bridgehead atoms. The molecule has 0 spiro atoms. The van der Waals surface area contributed by atoms with Gasteiger partial charge in [0.15, 0.2) is 0 Å².